The summed E-state index contributed by atoms with van der Waals surface area (Å²) in [6.45, 7) is 7.17. The molecule has 0 aliphatic heterocycles. The molecule has 118 valence electrons. The van der Waals surface area contributed by atoms with Gasteiger partial charge in [0.25, 0.3) is 0 Å². The van der Waals surface area contributed by atoms with Gasteiger partial charge in [0.2, 0.25) is 0 Å². The quantitative estimate of drug-likeness (QED) is 0.432. The second-order valence-electron chi connectivity index (χ2n) is 4.80. The second kappa shape index (κ2) is 7.92. The topological polar surface area (TPSA) is 57.0 Å². The van der Waals surface area contributed by atoms with Crippen LogP contribution in [-0.4, -0.2) is 27.1 Å². The number of aromatic nitrogens is 3. The number of benzene rings is 1. The van der Waals surface area contributed by atoms with Gasteiger partial charge in [-0.3, -0.25) is 0 Å². The molecule has 2 atom stereocenters. The fourth-order valence-corrected chi connectivity index (χ4v) is 2.58. The van der Waals surface area contributed by atoms with E-state index in [9.17, 15) is 4.79 Å². The Morgan fingerprint density at radius 3 is 2.74 bits per heavy atom. The van der Waals surface area contributed by atoms with E-state index in [4.69, 9.17) is 4.74 Å². The number of carbonyl (C=O) groups is 1. The van der Waals surface area contributed by atoms with Gasteiger partial charge < -0.3 is 4.74 Å². The van der Waals surface area contributed by atoms with Crippen molar-refractivity contribution in [3.8, 4) is 11.8 Å². The SMILES string of the molecule is C=CC#CC(C)OC(=O)c1c(I)nnn1[C@H](C)c1ccccc1. The Morgan fingerprint density at radius 2 is 2.09 bits per heavy atom. The van der Waals surface area contributed by atoms with Crippen LogP contribution in [0.25, 0.3) is 0 Å². The minimum atomic E-state index is -0.535. The molecule has 1 aromatic heterocycles. The van der Waals surface area contributed by atoms with Gasteiger partial charge in [-0.15, -0.1) is 5.10 Å². The number of hydrogen-bond donors (Lipinski definition) is 0. The summed E-state index contributed by atoms with van der Waals surface area (Å²) in [5, 5.41) is 8.09. The molecule has 0 aliphatic rings. The highest BCUT2D eigenvalue weighted by Crippen LogP contribution is 2.21. The van der Waals surface area contributed by atoms with Gasteiger partial charge in [-0.25, -0.2) is 9.48 Å². The number of allylic oxidation sites excluding steroid dienone is 1. The predicted molar refractivity (Wildman–Crippen MR) is 95.8 cm³/mol. The molecule has 0 saturated carbocycles. The lowest BCUT2D eigenvalue weighted by atomic mass is 10.1. The lowest BCUT2D eigenvalue weighted by Crippen LogP contribution is -2.21. The van der Waals surface area contributed by atoms with Crippen molar-refractivity contribution in [2.45, 2.75) is 26.0 Å². The highest BCUT2D eigenvalue weighted by atomic mass is 127. The van der Waals surface area contributed by atoms with Gasteiger partial charge in [-0.05, 0) is 48.1 Å². The van der Waals surface area contributed by atoms with Crippen molar-refractivity contribution in [3.05, 3.63) is 57.9 Å². The number of hydrogen-bond acceptors (Lipinski definition) is 4. The molecule has 0 radical (unpaired) electrons. The minimum Gasteiger partial charge on any atom is -0.445 e. The first-order valence-corrected chi connectivity index (χ1v) is 8.11. The Hall–Kier alpha value is -2.14. The number of carbonyl (C=O) groups excluding carboxylic acids is 1. The maximum Gasteiger partial charge on any atom is 0.360 e. The third-order valence-corrected chi connectivity index (χ3v) is 3.89. The van der Waals surface area contributed by atoms with Crippen LogP contribution in [0.3, 0.4) is 0 Å². The fourth-order valence-electron chi connectivity index (χ4n) is 2.02. The molecule has 0 spiro atoms. The van der Waals surface area contributed by atoms with Crippen molar-refractivity contribution in [2.24, 2.45) is 0 Å². The molecule has 1 unspecified atom stereocenters. The Labute approximate surface area is 148 Å². The van der Waals surface area contributed by atoms with Crippen LogP contribution < -0.4 is 0 Å². The number of halogens is 1. The molecule has 0 amide bonds. The van der Waals surface area contributed by atoms with E-state index in [2.05, 4.69) is 28.7 Å². The summed E-state index contributed by atoms with van der Waals surface area (Å²) in [5.74, 6) is 4.94. The number of rotatable bonds is 4. The highest BCUT2D eigenvalue weighted by molar-refractivity contribution is 14.1. The van der Waals surface area contributed by atoms with Gasteiger partial charge in [0, 0.05) is 0 Å². The first kappa shape index (κ1) is 17.2. The monoisotopic (exact) mass is 421 g/mol. The van der Waals surface area contributed by atoms with Crippen molar-refractivity contribution in [1.82, 2.24) is 15.0 Å². The summed E-state index contributed by atoms with van der Waals surface area (Å²) in [5.41, 5.74) is 1.36. The normalized spacial score (nSPS) is 12.7. The summed E-state index contributed by atoms with van der Waals surface area (Å²) >= 11 is 1.98. The van der Waals surface area contributed by atoms with Crippen molar-refractivity contribution in [2.75, 3.05) is 0 Å². The van der Waals surface area contributed by atoms with E-state index >= 15 is 0 Å². The molecular formula is C17H16IN3O2. The average Bonchev–Trinajstić information content (AvgIpc) is 2.94. The number of nitrogens with zero attached hydrogens (tertiary/aromatic N) is 3. The molecule has 1 heterocycles. The van der Waals surface area contributed by atoms with Gasteiger partial charge in [0.1, 0.15) is 0 Å². The van der Waals surface area contributed by atoms with Crippen molar-refractivity contribution < 1.29 is 9.53 Å². The van der Waals surface area contributed by atoms with Crippen LogP contribution in [-0.2, 0) is 4.74 Å². The highest BCUT2D eigenvalue weighted by Gasteiger charge is 2.25. The zero-order chi connectivity index (χ0) is 16.8. The molecule has 0 fully saturated rings. The third-order valence-electron chi connectivity index (χ3n) is 3.17. The molecular weight excluding hydrogens is 405 g/mol. The maximum atomic E-state index is 12.4. The Kier molecular flexibility index (Phi) is 5.93. The Morgan fingerprint density at radius 1 is 1.39 bits per heavy atom. The Bertz CT molecular complexity index is 759. The van der Waals surface area contributed by atoms with Gasteiger partial charge in [0.05, 0.1) is 6.04 Å². The number of ether oxygens (including phenoxy) is 1. The minimum absolute atomic E-state index is 0.135. The van der Waals surface area contributed by atoms with Crippen molar-refractivity contribution in [1.29, 1.82) is 0 Å². The molecule has 0 aliphatic carbocycles. The van der Waals surface area contributed by atoms with Crippen LogP contribution in [0.15, 0.2) is 43.0 Å². The standard InChI is InChI=1S/C17H16IN3O2/c1-4-5-9-12(2)23-17(22)15-16(18)19-20-21(15)13(3)14-10-7-6-8-11-14/h4,6-8,10-13H,1H2,2-3H3/t12?,13-/m1/s1. The second-order valence-corrected chi connectivity index (χ2v) is 5.82. The van der Waals surface area contributed by atoms with Crippen LogP contribution in [0.2, 0.25) is 0 Å². The van der Waals surface area contributed by atoms with Crippen LogP contribution >= 0.6 is 22.6 Å². The molecule has 6 heteroatoms. The van der Waals surface area contributed by atoms with Gasteiger partial charge in [-0.2, -0.15) is 0 Å². The van der Waals surface area contributed by atoms with E-state index in [-0.39, 0.29) is 6.04 Å². The first-order chi connectivity index (χ1) is 11.0. The van der Waals surface area contributed by atoms with Crippen molar-refractivity contribution >= 4 is 28.6 Å². The molecule has 2 rings (SSSR count). The van der Waals surface area contributed by atoms with Gasteiger partial charge in [-0.1, -0.05) is 54.0 Å². The van der Waals surface area contributed by atoms with Gasteiger partial charge in [0.15, 0.2) is 15.5 Å². The molecule has 0 N–H and O–H groups in total. The lowest BCUT2D eigenvalue weighted by molar-refractivity contribution is 0.0421. The molecule has 2 aromatic rings. The summed E-state index contributed by atoms with van der Waals surface area (Å²) in [7, 11) is 0. The molecule has 23 heavy (non-hydrogen) atoms. The zero-order valence-corrected chi connectivity index (χ0v) is 15.0. The third kappa shape index (κ3) is 4.20. The summed E-state index contributed by atoms with van der Waals surface area (Å²) in [6, 6.07) is 9.65. The van der Waals surface area contributed by atoms with Crippen LogP contribution in [0.4, 0.5) is 0 Å². The van der Waals surface area contributed by atoms with E-state index in [0.29, 0.717) is 9.39 Å². The van der Waals surface area contributed by atoms with Crippen LogP contribution in [0.5, 0.6) is 0 Å². The molecule has 5 nitrogen and oxygen atoms in total. The average molecular weight is 421 g/mol. The smallest absolute Gasteiger partial charge is 0.360 e. The van der Waals surface area contributed by atoms with E-state index in [0.717, 1.165) is 5.56 Å². The van der Waals surface area contributed by atoms with Crippen LogP contribution in [0, 0.1) is 15.5 Å². The molecule has 0 saturated heterocycles. The summed E-state index contributed by atoms with van der Waals surface area (Å²) in [6.07, 6.45) is 0.920. The van der Waals surface area contributed by atoms with E-state index in [1.807, 2.05) is 59.8 Å². The van der Waals surface area contributed by atoms with Crippen molar-refractivity contribution in [3.63, 3.8) is 0 Å². The number of esters is 1. The lowest BCUT2D eigenvalue weighted by Gasteiger charge is -2.15. The summed E-state index contributed by atoms with van der Waals surface area (Å²) in [4.78, 5) is 12.4. The van der Waals surface area contributed by atoms with E-state index in [1.165, 1.54) is 6.08 Å². The maximum absolute atomic E-state index is 12.4. The fraction of sp³-hybridized carbons (Fsp3) is 0.235. The molecule has 1 aromatic carbocycles. The predicted octanol–water partition coefficient (Wildman–Crippen LogP) is 3.23. The first-order valence-electron chi connectivity index (χ1n) is 7.03. The zero-order valence-electron chi connectivity index (χ0n) is 12.9. The Balaban J connectivity index is 2.28. The van der Waals surface area contributed by atoms with Crippen LogP contribution in [0.1, 0.15) is 35.9 Å². The molecule has 0 bridgehead atoms. The van der Waals surface area contributed by atoms with Gasteiger partial charge >= 0.3 is 5.97 Å². The van der Waals surface area contributed by atoms with E-state index in [1.54, 1.807) is 11.6 Å². The summed E-state index contributed by atoms with van der Waals surface area (Å²) < 4.78 is 7.41. The largest absolute Gasteiger partial charge is 0.445 e. The van der Waals surface area contributed by atoms with E-state index < -0.39 is 12.1 Å².